The molecule has 0 aliphatic carbocycles. The van der Waals surface area contributed by atoms with Crippen LogP contribution in [0.15, 0.2) is 29.2 Å². The number of aryl methyl sites for hydroxylation is 1. The summed E-state index contributed by atoms with van der Waals surface area (Å²) in [5.74, 6) is -2.55. The molecular weight excluding hydrogens is 451 g/mol. The van der Waals surface area contributed by atoms with Crippen molar-refractivity contribution in [2.45, 2.75) is 38.3 Å². The molecular formula is C20H30F3N3O5S. The number of hydrogen-bond donors (Lipinski definition) is 2. The van der Waals surface area contributed by atoms with Crippen LogP contribution in [0.25, 0.3) is 0 Å². The third kappa shape index (κ3) is 8.75. The normalized spacial score (nSPS) is 14.8. The lowest BCUT2D eigenvalue weighted by Gasteiger charge is -2.29. The number of rotatable bonds is 7. The first-order valence-corrected chi connectivity index (χ1v) is 11.5. The van der Waals surface area contributed by atoms with Crippen molar-refractivity contribution in [3.05, 3.63) is 29.8 Å². The molecule has 1 aromatic carbocycles. The van der Waals surface area contributed by atoms with Crippen LogP contribution in [0.2, 0.25) is 0 Å². The number of aliphatic carboxylic acids is 1. The van der Waals surface area contributed by atoms with Crippen LogP contribution < -0.4 is 5.32 Å². The van der Waals surface area contributed by atoms with Gasteiger partial charge in [-0.25, -0.2) is 13.2 Å². The Morgan fingerprint density at radius 3 is 2.19 bits per heavy atom. The first kappa shape index (κ1) is 27.9. The fourth-order valence-electron chi connectivity index (χ4n) is 2.99. The third-order valence-corrected chi connectivity index (χ3v) is 6.59. The fraction of sp³-hybridized carbons (Fsp3) is 0.600. The fourth-order valence-corrected chi connectivity index (χ4v) is 4.82. The molecule has 32 heavy (non-hydrogen) atoms. The van der Waals surface area contributed by atoms with Gasteiger partial charge in [0.25, 0.3) is 0 Å². The van der Waals surface area contributed by atoms with Crippen molar-refractivity contribution in [3.63, 3.8) is 0 Å². The van der Waals surface area contributed by atoms with E-state index in [4.69, 9.17) is 9.90 Å². The highest BCUT2D eigenvalue weighted by Gasteiger charge is 2.38. The van der Waals surface area contributed by atoms with Gasteiger partial charge in [-0.2, -0.15) is 17.5 Å². The maximum atomic E-state index is 13.1. The van der Waals surface area contributed by atoms with E-state index in [1.807, 2.05) is 24.8 Å². The highest BCUT2D eigenvalue weighted by atomic mass is 32.2. The van der Waals surface area contributed by atoms with E-state index >= 15 is 0 Å². The predicted molar refractivity (Wildman–Crippen MR) is 113 cm³/mol. The molecule has 1 aliphatic heterocycles. The molecule has 1 aliphatic rings. The SMILES string of the molecule is Cc1ccccc1S(=O)(=O)N(CCC(=O)N1CCNCC1)CC(C)C.O=C(O)C(F)(F)F. The van der Waals surface area contributed by atoms with Crippen LogP contribution in [0, 0.1) is 12.8 Å². The van der Waals surface area contributed by atoms with Gasteiger partial charge < -0.3 is 15.3 Å². The van der Waals surface area contributed by atoms with Crippen molar-refractivity contribution in [3.8, 4) is 0 Å². The van der Waals surface area contributed by atoms with Crippen LogP contribution in [0.4, 0.5) is 13.2 Å². The molecule has 1 heterocycles. The molecule has 8 nitrogen and oxygen atoms in total. The van der Waals surface area contributed by atoms with Crippen LogP contribution in [0.1, 0.15) is 25.8 Å². The van der Waals surface area contributed by atoms with Crippen LogP contribution in [-0.2, 0) is 19.6 Å². The summed E-state index contributed by atoms with van der Waals surface area (Å²) < 4.78 is 59.3. The molecule has 0 atom stereocenters. The molecule has 182 valence electrons. The third-order valence-electron chi connectivity index (χ3n) is 4.57. The topological polar surface area (TPSA) is 107 Å². The van der Waals surface area contributed by atoms with E-state index in [0.29, 0.717) is 24.5 Å². The lowest BCUT2D eigenvalue weighted by atomic mass is 10.2. The van der Waals surface area contributed by atoms with E-state index in [-0.39, 0.29) is 24.8 Å². The molecule has 0 aromatic heterocycles. The first-order chi connectivity index (χ1) is 14.8. The number of carboxylic acids is 1. The van der Waals surface area contributed by atoms with Gasteiger partial charge in [-0.3, -0.25) is 4.79 Å². The lowest BCUT2D eigenvalue weighted by Crippen LogP contribution is -2.47. The van der Waals surface area contributed by atoms with Gasteiger partial charge in [-0.15, -0.1) is 0 Å². The zero-order chi connectivity index (χ0) is 24.5. The van der Waals surface area contributed by atoms with Gasteiger partial charge in [0.2, 0.25) is 15.9 Å². The number of alkyl halides is 3. The maximum Gasteiger partial charge on any atom is 0.490 e. The van der Waals surface area contributed by atoms with Gasteiger partial charge >= 0.3 is 12.1 Å². The predicted octanol–water partition coefficient (Wildman–Crippen LogP) is 2.10. The second-order valence-electron chi connectivity index (χ2n) is 7.71. The van der Waals surface area contributed by atoms with Crippen molar-refractivity contribution in [1.82, 2.24) is 14.5 Å². The number of amides is 1. The summed E-state index contributed by atoms with van der Waals surface area (Å²) in [6.45, 7) is 9.36. The Bertz CT molecular complexity index is 869. The maximum absolute atomic E-state index is 13.1. The van der Waals surface area contributed by atoms with E-state index in [1.165, 1.54) is 4.31 Å². The lowest BCUT2D eigenvalue weighted by molar-refractivity contribution is -0.192. The molecule has 0 saturated carbocycles. The molecule has 1 amide bonds. The smallest absolute Gasteiger partial charge is 0.475 e. The molecule has 0 spiro atoms. The van der Waals surface area contributed by atoms with Crippen molar-refractivity contribution in [2.24, 2.45) is 5.92 Å². The Hall–Kier alpha value is -2.18. The quantitative estimate of drug-likeness (QED) is 0.618. The summed E-state index contributed by atoms with van der Waals surface area (Å²) in [5.41, 5.74) is 0.727. The molecule has 1 saturated heterocycles. The second-order valence-corrected chi connectivity index (χ2v) is 9.61. The number of nitrogens with one attached hydrogen (secondary N) is 1. The molecule has 0 unspecified atom stereocenters. The van der Waals surface area contributed by atoms with Gasteiger partial charge in [0.1, 0.15) is 0 Å². The minimum atomic E-state index is -5.08. The number of sulfonamides is 1. The monoisotopic (exact) mass is 481 g/mol. The number of nitrogens with zero attached hydrogens (tertiary/aromatic N) is 2. The van der Waals surface area contributed by atoms with Crippen molar-refractivity contribution in [2.75, 3.05) is 39.3 Å². The van der Waals surface area contributed by atoms with E-state index in [0.717, 1.165) is 18.7 Å². The van der Waals surface area contributed by atoms with Crippen molar-refractivity contribution >= 4 is 21.9 Å². The number of carboxylic acid groups (broad SMARTS) is 1. The second kappa shape index (κ2) is 12.2. The molecule has 2 N–H and O–H groups in total. The number of carbonyl (C=O) groups excluding carboxylic acids is 1. The molecule has 0 bridgehead atoms. The number of carbonyl (C=O) groups is 2. The van der Waals surface area contributed by atoms with Crippen LogP contribution in [0.5, 0.6) is 0 Å². The van der Waals surface area contributed by atoms with Crippen LogP contribution in [0.3, 0.4) is 0 Å². The van der Waals surface area contributed by atoms with Crippen molar-refractivity contribution < 1.29 is 36.3 Å². The van der Waals surface area contributed by atoms with Gasteiger partial charge in [0.15, 0.2) is 0 Å². The Morgan fingerprint density at radius 2 is 1.72 bits per heavy atom. The summed E-state index contributed by atoms with van der Waals surface area (Å²) >= 11 is 0. The Kier molecular flexibility index (Phi) is 10.6. The molecule has 1 aromatic rings. The largest absolute Gasteiger partial charge is 0.490 e. The number of hydrogen-bond acceptors (Lipinski definition) is 5. The first-order valence-electron chi connectivity index (χ1n) is 10.1. The number of benzene rings is 1. The van der Waals surface area contributed by atoms with Gasteiger partial charge in [-0.05, 0) is 24.5 Å². The summed E-state index contributed by atoms with van der Waals surface area (Å²) in [7, 11) is -3.60. The minimum absolute atomic E-state index is 0.0234. The Morgan fingerprint density at radius 1 is 1.19 bits per heavy atom. The zero-order valence-corrected chi connectivity index (χ0v) is 19.2. The highest BCUT2D eigenvalue weighted by Crippen LogP contribution is 2.21. The van der Waals surface area contributed by atoms with E-state index in [9.17, 15) is 26.4 Å². The van der Waals surface area contributed by atoms with E-state index in [2.05, 4.69) is 5.32 Å². The van der Waals surface area contributed by atoms with E-state index < -0.39 is 22.2 Å². The van der Waals surface area contributed by atoms with Crippen molar-refractivity contribution in [1.29, 1.82) is 0 Å². The number of piperazine rings is 1. The number of halogens is 3. The average molecular weight is 482 g/mol. The van der Waals surface area contributed by atoms with Crippen LogP contribution >= 0.6 is 0 Å². The summed E-state index contributed by atoms with van der Waals surface area (Å²) in [4.78, 5) is 23.4. The standard InChI is InChI=1S/C18H29N3O3S.C2HF3O2/c1-15(2)14-21(11-8-18(22)20-12-9-19-10-13-20)25(23,24)17-7-5-4-6-16(17)3;3-2(4,5)1(6)7/h4-7,15,19H,8-14H2,1-3H3;(H,6,7). The van der Waals surface area contributed by atoms with E-state index in [1.54, 1.807) is 25.1 Å². The average Bonchev–Trinajstić information content (AvgIpc) is 2.71. The zero-order valence-electron chi connectivity index (χ0n) is 18.4. The molecule has 2 rings (SSSR count). The summed E-state index contributed by atoms with van der Waals surface area (Å²) in [6, 6.07) is 7.00. The molecule has 1 fully saturated rings. The Labute approximate surface area is 186 Å². The Balaban J connectivity index is 0.000000633. The molecule has 12 heteroatoms. The summed E-state index contributed by atoms with van der Waals surface area (Å²) in [6.07, 6.45) is -4.86. The summed E-state index contributed by atoms with van der Waals surface area (Å²) in [5, 5.41) is 10.3. The van der Waals surface area contributed by atoms with Gasteiger partial charge in [0.05, 0.1) is 4.90 Å². The van der Waals surface area contributed by atoms with Gasteiger partial charge in [0, 0.05) is 45.7 Å². The minimum Gasteiger partial charge on any atom is -0.475 e. The van der Waals surface area contributed by atoms with Crippen LogP contribution in [-0.4, -0.2) is 80.1 Å². The highest BCUT2D eigenvalue weighted by molar-refractivity contribution is 7.89. The van der Waals surface area contributed by atoms with Gasteiger partial charge in [-0.1, -0.05) is 32.0 Å². The molecule has 0 radical (unpaired) electrons.